The third kappa shape index (κ3) is 5.56. The van der Waals surface area contributed by atoms with Crippen molar-refractivity contribution in [2.45, 2.75) is 37.6 Å². The fourth-order valence-electron chi connectivity index (χ4n) is 1.60. The predicted molar refractivity (Wildman–Crippen MR) is 77.7 cm³/mol. The van der Waals surface area contributed by atoms with Gasteiger partial charge in [0.05, 0.1) is 0 Å². The molecule has 4 heteroatoms. The summed E-state index contributed by atoms with van der Waals surface area (Å²) in [5, 5.41) is 3.46. The van der Waals surface area contributed by atoms with Crippen LogP contribution < -0.4 is 11.1 Å². The minimum absolute atomic E-state index is 0.239. The van der Waals surface area contributed by atoms with Crippen LogP contribution in [-0.2, 0) is 4.79 Å². The first kappa shape index (κ1) is 15.1. The number of amides is 1. The largest absolute Gasteiger partial charge is 0.370 e. The van der Waals surface area contributed by atoms with Gasteiger partial charge in [0.1, 0.15) is 0 Å². The normalized spacial score (nSPS) is 12.3. The second kappa shape index (κ2) is 8.16. The number of carbonyl (C=O) groups excluding carboxylic acids is 1. The maximum atomic E-state index is 10.6. The summed E-state index contributed by atoms with van der Waals surface area (Å²) in [6.45, 7) is 5.37. The average molecular weight is 266 g/mol. The zero-order valence-corrected chi connectivity index (χ0v) is 11.9. The number of primary amides is 1. The van der Waals surface area contributed by atoms with Crippen LogP contribution in [0.15, 0.2) is 29.2 Å². The topological polar surface area (TPSA) is 55.1 Å². The molecule has 0 saturated carbocycles. The molecule has 0 fully saturated rings. The summed E-state index contributed by atoms with van der Waals surface area (Å²) in [6, 6.07) is 8.87. The third-order valence-corrected chi connectivity index (χ3v) is 3.71. The number of nitrogens with one attached hydrogen (secondary N) is 1. The molecule has 0 saturated heterocycles. The molecule has 1 aromatic rings. The van der Waals surface area contributed by atoms with E-state index in [9.17, 15) is 4.79 Å². The molecule has 1 rings (SSSR count). The zero-order chi connectivity index (χ0) is 13.4. The van der Waals surface area contributed by atoms with Gasteiger partial charge in [0.15, 0.2) is 0 Å². The molecule has 18 heavy (non-hydrogen) atoms. The molecule has 0 heterocycles. The van der Waals surface area contributed by atoms with Gasteiger partial charge in [0.2, 0.25) is 5.91 Å². The van der Waals surface area contributed by atoms with Crippen molar-refractivity contribution in [3.05, 3.63) is 29.8 Å². The van der Waals surface area contributed by atoms with E-state index >= 15 is 0 Å². The Morgan fingerprint density at radius 2 is 2.06 bits per heavy atom. The van der Waals surface area contributed by atoms with Crippen LogP contribution in [0.5, 0.6) is 0 Å². The lowest BCUT2D eigenvalue weighted by Crippen LogP contribution is -2.19. The van der Waals surface area contributed by atoms with Crippen molar-refractivity contribution >= 4 is 17.7 Å². The van der Waals surface area contributed by atoms with Gasteiger partial charge >= 0.3 is 0 Å². The van der Waals surface area contributed by atoms with Crippen LogP contribution in [0.4, 0.5) is 0 Å². The highest BCUT2D eigenvalue weighted by atomic mass is 32.2. The van der Waals surface area contributed by atoms with Gasteiger partial charge in [-0.3, -0.25) is 4.79 Å². The van der Waals surface area contributed by atoms with E-state index in [-0.39, 0.29) is 5.91 Å². The summed E-state index contributed by atoms with van der Waals surface area (Å²) in [6.07, 6.45) is 1.58. The molecule has 0 bridgehead atoms. The first-order chi connectivity index (χ1) is 8.63. The Morgan fingerprint density at radius 3 is 2.61 bits per heavy atom. The predicted octanol–water partition coefficient (Wildman–Crippen LogP) is 2.71. The van der Waals surface area contributed by atoms with Crippen molar-refractivity contribution < 1.29 is 4.79 Å². The first-order valence-electron chi connectivity index (χ1n) is 6.38. The molecule has 0 aliphatic carbocycles. The smallest absolute Gasteiger partial charge is 0.218 e. The van der Waals surface area contributed by atoms with E-state index in [0.29, 0.717) is 12.5 Å². The molecule has 0 aliphatic heterocycles. The SMILES string of the molecule is CCCNC(C)c1ccc(SCCC(N)=O)cc1. The number of rotatable bonds is 8. The number of nitrogens with two attached hydrogens (primary N) is 1. The van der Waals surface area contributed by atoms with Crippen LogP contribution in [0, 0.1) is 0 Å². The second-order valence-electron chi connectivity index (χ2n) is 4.31. The Hall–Kier alpha value is -1.00. The Balaban J connectivity index is 2.44. The third-order valence-electron chi connectivity index (χ3n) is 2.70. The highest BCUT2D eigenvalue weighted by Gasteiger charge is 2.04. The lowest BCUT2D eigenvalue weighted by molar-refractivity contribution is -0.117. The highest BCUT2D eigenvalue weighted by molar-refractivity contribution is 7.99. The maximum Gasteiger partial charge on any atom is 0.218 e. The van der Waals surface area contributed by atoms with E-state index in [2.05, 4.69) is 43.4 Å². The van der Waals surface area contributed by atoms with Gasteiger partial charge in [-0.25, -0.2) is 0 Å². The molecule has 0 spiro atoms. The van der Waals surface area contributed by atoms with Gasteiger partial charge in [0, 0.05) is 23.1 Å². The lowest BCUT2D eigenvalue weighted by Gasteiger charge is -2.13. The van der Waals surface area contributed by atoms with E-state index in [1.807, 2.05) is 0 Å². The fraction of sp³-hybridized carbons (Fsp3) is 0.500. The van der Waals surface area contributed by atoms with Crippen LogP contribution in [0.1, 0.15) is 38.3 Å². The van der Waals surface area contributed by atoms with Gasteiger partial charge in [-0.2, -0.15) is 0 Å². The molecular weight excluding hydrogens is 244 g/mol. The summed E-state index contributed by atoms with van der Waals surface area (Å²) in [7, 11) is 0. The number of hydrogen-bond donors (Lipinski definition) is 2. The van der Waals surface area contributed by atoms with E-state index in [0.717, 1.165) is 18.7 Å². The number of carbonyl (C=O) groups is 1. The first-order valence-corrected chi connectivity index (χ1v) is 7.36. The van der Waals surface area contributed by atoms with Crippen LogP contribution in [0.25, 0.3) is 0 Å². The van der Waals surface area contributed by atoms with Gasteiger partial charge in [-0.1, -0.05) is 19.1 Å². The Morgan fingerprint density at radius 1 is 1.39 bits per heavy atom. The van der Waals surface area contributed by atoms with Crippen molar-refractivity contribution in [2.75, 3.05) is 12.3 Å². The minimum atomic E-state index is -0.239. The summed E-state index contributed by atoms with van der Waals surface area (Å²) in [4.78, 5) is 11.8. The molecule has 3 nitrogen and oxygen atoms in total. The van der Waals surface area contributed by atoms with Crippen molar-refractivity contribution in [3.63, 3.8) is 0 Å². The van der Waals surface area contributed by atoms with Gasteiger partial charge < -0.3 is 11.1 Å². The highest BCUT2D eigenvalue weighted by Crippen LogP contribution is 2.21. The number of thioether (sulfide) groups is 1. The van der Waals surface area contributed by atoms with Crippen molar-refractivity contribution in [2.24, 2.45) is 5.73 Å². The summed E-state index contributed by atoms with van der Waals surface area (Å²) in [5.74, 6) is 0.509. The van der Waals surface area contributed by atoms with Gasteiger partial charge in [-0.15, -0.1) is 11.8 Å². The van der Waals surface area contributed by atoms with Crippen LogP contribution in [-0.4, -0.2) is 18.2 Å². The van der Waals surface area contributed by atoms with E-state index in [1.54, 1.807) is 11.8 Å². The van der Waals surface area contributed by atoms with Crippen LogP contribution in [0.2, 0.25) is 0 Å². The standard InChI is InChI=1S/C14H22N2OS/c1-3-9-16-11(2)12-4-6-13(7-5-12)18-10-8-14(15)17/h4-7,11,16H,3,8-10H2,1-2H3,(H2,15,17). The molecule has 1 amide bonds. The molecule has 1 unspecified atom stereocenters. The van der Waals surface area contributed by atoms with E-state index < -0.39 is 0 Å². The van der Waals surface area contributed by atoms with Gasteiger partial charge in [0.25, 0.3) is 0 Å². The Kier molecular flexibility index (Phi) is 6.83. The van der Waals surface area contributed by atoms with Crippen molar-refractivity contribution in [1.29, 1.82) is 0 Å². The van der Waals surface area contributed by atoms with Crippen molar-refractivity contribution in [3.8, 4) is 0 Å². The van der Waals surface area contributed by atoms with Crippen LogP contribution in [0.3, 0.4) is 0 Å². The summed E-state index contributed by atoms with van der Waals surface area (Å²) >= 11 is 1.67. The van der Waals surface area contributed by atoms with Crippen LogP contribution >= 0.6 is 11.8 Å². The quantitative estimate of drug-likeness (QED) is 0.711. The molecule has 100 valence electrons. The lowest BCUT2D eigenvalue weighted by atomic mass is 10.1. The maximum absolute atomic E-state index is 10.6. The Bertz CT molecular complexity index is 365. The monoisotopic (exact) mass is 266 g/mol. The zero-order valence-electron chi connectivity index (χ0n) is 11.1. The minimum Gasteiger partial charge on any atom is -0.370 e. The number of hydrogen-bond acceptors (Lipinski definition) is 3. The van der Waals surface area contributed by atoms with Gasteiger partial charge in [-0.05, 0) is 37.6 Å². The average Bonchev–Trinajstić information content (AvgIpc) is 2.36. The summed E-state index contributed by atoms with van der Waals surface area (Å²) in [5.41, 5.74) is 6.40. The second-order valence-corrected chi connectivity index (χ2v) is 5.48. The molecular formula is C14H22N2OS. The molecule has 1 atom stereocenters. The molecule has 0 aliphatic rings. The molecule has 3 N–H and O–H groups in total. The molecule has 1 aromatic carbocycles. The van der Waals surface area contributed by atoms with Crippen molar-refractivity contribution in [1.82, 2.24) is 5.32 Å². The molecule has 0 aromatic heterocycles. The Labute approximate surface area is 114 Å². The van der Waals surface area contributed by atoms with E-state index in [4.69, 9.17) is 5.73 Å². The number of benzene rings is 1. The van der Waals surface area contributed by atoms with E-state index in [1.165, 1.54) is 10.5 Å². The summed E-state index contributed by atoms with van der Waals surface area (Å²) < 4.78 is 0. The molecule has 0 radical (unpaired) electrons. The fourth-order valence-corrected chi connectivity index (χ4v) is 2.47.